The van der Waals surface area contributed by atoms with E-state index in [1.54, 1.807) is 0 Å². The second-order valence-corrected chi connectivity index (χ2v) is 8.00. The Morgan fingerprint density at radius 3 is 2.82 bits per heavy atom. The maximum Gasteiger partial charge on any atom is 0.231 e. The fraction of sp³-hybridized carbons (Fsp3) is 0.273. The van der Waals surface area contributed by atoms with Gasteiger partial charge in [-0.2, -0.15) is 0 Å². The molecule has 1 N–H and O–H groups in total. The lowest BCUT2D eigenvalue weighted by molar-refractivity contribution is -0.115. The van der Waals surface area contributed by atoms with E-state index in [0.29, 0.717) is 10.9 Å². The van der Waals surface area contributed by atoms with Crippen LogP contribution in [0.1, 0.15) is 29.5 Å². The number of aryl methyl sites for hydroxylation is 2. The normalized spacial score (nSPS) is 14.6. The average molecular weight is 392 g/mol. The Hall–Kier alpha value is -2.86. The molecule has 0 saturated carbocycles. The zero-order valence-electron chi connectivity index (χ0n) is 15.4. The molecule has 2 heterocycles. The number of rotatable bonds is 4. The van der Waals surface area contributed by atoms with Crippen LogP contribution in [0.2, 0.25) is 0 Å². The number of benzene rings is 2. The highest BCUT2D eigenvalue weighted by Gasteiger charge is 2.16. The molecule has 1 aliphatic heterocycles. The summed E-state index contributed by atoms with van der Waals surface area (Å²) in [7, 11) is 0. The average Bonchev–Trinajstić information content (AvgIpc) is 3.36. The maximum atomic E-state index is 12.4. The van der Waals surface area contributed by atoms with E-state index in [0.717, 1.165) is 29.0 Å². The molecule has 0 radical (unpaired) electrons. The summed E-state index contributed by atoms with van der Waals surface area (Å²) in [6.07, 6.45) is 5.13. The predicted octanol–water partition coefficient (Wildman–Crippen LogP) is 4.60. The third kappa shape index (κ3) is 3.47. The number of carbonyl (C=O) groups is 1. The SMILES string of the molecule is O=C(Cc1ccc2c(c1)OCO2)Nc1nc(-c2ccc3c(c2)CCCC3)cs1. The largest absolute Gasteiger partial charge is 0.454 e. The molecule has 142 valence electrons. The van der Waals surface area contributed by atoms with Crippen LogP contribution < -0.4 is 14.8 Å². The summed E-state index contributed by atoms with van der Waals surface area (Å²) in [4.78, 5) is 17.0. The van der Waals surface area contributed by atoms with Gasteiger partial charge in [-0.25, -0.2) is 4.98 Å². The molecule has 0 atom stereocenters. The Balaban J connectivity index is 1.27. The summed E-state index contributed by atoms with van der Waals surface area (Å²) in [6, 6.07) is 12.2. The van der Waals surface area contributed by atoms with Crippen molar-refractivity contribution in [3.05, 3.63) is 58.5 Å². The summed E-state index contributed by atoms with van der Waals surface area (Å²) in [5.74, 6) is 1.32. The highest BCUT2D eigenvalue weighted by molar-refractivity contribution is 7.14. The highest BCUT2D eigenvalue weighted by atomic mass is 32.1. The van der Waals surface area contributed by atoms with Gasteiger partial charge in [0.15, 0.2) is 16.6 Å². The van der Waals surface area contributed by atoms with E-state index in [-0.39, 0.29) is 19.1 Å². The van der Waals surface area contributed by atoms with Crippen LogP contribution >= 0.6 is 11.3 Å². The van der Waals surface area contributed by atoms with Crippen LogP contribution in [0.15, 0.2) is 41.8 Å². The van der Waals surface area contributed by atoms with Crippen molar-refractivity contribution < 1.29 is 14.3 Å². The van der Waals surface area contributed by atoms with Gasteiger partial charge in [-0.3, -0.25) is 4.79 Å². The van der Waals surface area contributed by atoms with Crippen LogP contribution in [0.25, 0.3) is 11.3 Å². The molecule has 1 amide bonds. The monoisotopic (exact) mass is 392 g/mol. The van der Waals surface area contributed by atoms with Crippen molar-refractivity contribution >= 4 is 22.4 Å². The molecule has 0 bridgehead atoms. The van der Waals surface area contributed by atoms with Gasteiger partial charge >= 0.3 is 0 Å². The van der Waals surface area contributed by atoms with Crippen molar-refractivity contribution in [1.29, 1.82) is 0 Å². The predicted molar refractivity (Wildman–Crippen MR) is 109 cm³/mol. The van der Waals surface area contributed by atoms with Crippen LogP contribution in [0.4, 0.5) is 5.13 Å². The number of hydrogen-bond donors (Lipinski definition) is 1. The van der Waals surface area contributed by atoms with Crippen molar-refractivity contribution in [3.63, 3.8) is 0 Å². The van der Waals surface area contributed by atoms with Crippen molar-refractivity contribution in [2.45, 2.75) is 32.1 Å². The first kappa shape index (κ1) is 17.3. The van der Waals surface area contributed by atoms with Crippen molar-refractivity contribution in [2.24, 2.45) is 0 Å². The third-order valence-electron chi connectivity index (χ3n) is 5.20. The molecule has 5 nitrogen and oxygen atoms in total. The first-order chi connectivity index (χ1) is 13.7. The Kier molecular flexibility index (Phi) is 4.49. The molecule has 3 aromatic rings. The van der Waals surface area contributed by atoms with E-state index in [1.807, 2.05) is 23.6 Å². The second-order valence-electron chi connectivity index (χ2n) is 7.14. The van der Waals surface area contributed by atoms with Gasteiger partial charge in [0.05, 0.1) is 12.1 Å². The lowest BCUT2D eigenvalue weighted by Gasteiger charge is -2.16. The van der Waals surface area contributed by atoms with Crippen LogP contribution in [0.3, 0.4) is 0 Å². The van der Waals surface area contributed by atoms with Crippen molar-refractivity contribution in [2.75, 3.05) is 12.1 Å². The number of nitrogens with one attached hydrogen (secondary N) is 1. The first-order valence-corrected chi connectivity index (χ1v) is 10.4. The minimum Gasteiger partial charge on any atom is -0.454 e. The third-order valence-corrected chi connectivity index (χ3v) is 5.95. The number of fused-ring (bicyclic) bond motifs is 2. The molecule has 0 saturated heterocycles. The van der Waals surface area contributed by atoms with Crippen LogP contribution in [-0.2, 0) is 24.1 Å². The Morgan fingerprint density at radius 1 is 1.04 bits per heavy atom. The van der Waals surface area contributed by atoms with Crippen molar-refractivity contribution in [1.82, 2.24) is 4.98 Å². The minimum atomic E-state index is -0.0924. The van der Waals surface area contributed by atoms with Crippen LogP contribution in [0.5, 0.6) is 11.5 Å². The molecule has 0 unspecified atom stereocenters. The van der Waals surface area contributed by atoms with E-state index >= 15 is 0 Å². The van der Waals surface area contributed by atoms with Gasteiger partial charge in [-0.1, -0.05) is 18.2 Å². The van der Waals surface area contributed by atoms with Gasteiger partial charge in [0.1, 0.15) is 0 Å². The number of anilines is 1. The highest BCUT2D eigenvalue weighted by Crippen LogP contribution is 2.33. The number of ether oxygens (including phenoxy) is 2. The quantitative estimate of drug-likeness (QED) is 0.705. The van der Waals surface area contributed by atoms with Gasteiger partial charge < -0.3 is 14.8 Å². The standard InChI is InChI=1S/C22H20N2O3S/c25-21(10-14-5-8-19-20(9-14)27-13-26-19)24-22-23-18(12-28-22)17-7-6-15-3-1-2-4-16(15)11-17/h5-9,11-12H,1-4,10,13H2,(H,23,24,25). The number of hydrogen-bond acceptors (Lipinski definition) is 5. The summed E-state index contributed by atoms with van der Waals surface area (Å²) in [5, 5.41) is 5.53. The van der Waals surface area contributed by atoms with Crippen LogP contribution in [-0.4, -0.2) is 17.7 Å². The minimum absolute atomic E-state index is 0.0924. The number of thiazole rings is 1. The van der Waals surface area contributed by atoms with Gasteiger partial charge in [-0.15, -0.1) is 11.3 Å². The van der Waals surface area contributed by atoms with E-state index in [2.05, 4.69) is 28.5 Å². The van der Waals surface area contributed by atoms with Gasteiger partial charge in [0.25, 0.3) is 0 Å². The molecule has 1 aliphatic carbocycles. The lowest BCUT2D eigenvalue weighted by Crippen LogP contribution is -2.14. The van der Waals surface area contributed by atoms with E-state index in [9.17, 15) is 4.79 Å². The molecule has 6 heteroatoms. The lowest BCUT2D eigenvalue weighted by atomic mass is 9.90. The Morgan fingerprint density at radius 2 is 1.89 bits per heavy atom. The topological polar surface area (TPSA) is 60.5 Å². The fourth-order valence-electron chi connectivity index (χ4n) is 3.76. The van der Waals surface area contributed by atoms with Crippen LogP contribution in [0, 0.1) is 0 Å². The number of aromatic nitrogens is 1. The zero-order valence-corrected chi connectivity index (χ0v) is 16.2. The van der Waals surface area contributed by atoms with E-state index < -0.39 is 0 Å². The molecule has 0 fully saturated rings. The molecule has 0 spiro atoms. The second kappa shape index (κ2) is 7.28. The molecule has 2 aromatic carbocycles. The maximum absolute atomic E-state index is 12.4. The van der Waals surface area contributed by atoms with E-state index in [1.165, 1.54) is 41.7 Å². The number of carbonyl (C=O) groups excluding carboxylic acids is 1. The van der Waals surface area contributed by atoms with Gasteiger partial charge in [-0.05, 0) is 60.6 Å². The zero-order chi connectivity index (χ0) is 18.9. The molecule has 28 heavy (non-hydrogen) atoms. The van der Waals surface area contributed by atoms with Gasteiger partial charge in [0.2, 0.25) is 12.7 Å². The Bertz CT molecular complexity index is 1040. The Labute approximate surface area is 167 Å². The van der Waals surface area contributed by atoms with Crippen molar-refractivity contribution in [3.8, 4) is 22.8 Å². The molecule has 2 aliphatic rings. The molecule has 5 rings (SSSR count). The molecular formula is C22H20N2O3S. The smallest absolute Gasteiger partial charge is 0.231 e. The molecular weight excluding hydrogens is 372 g/mol. The summed E-state index contributed by atoms with van der Waals surface area (Å²) < 4.78 is 10.7. The fourth-order valence-corrected chi connectivity index (χ4v) is 4.49. The van der Waals surface area contributed by atoms with E-state index in [4.69, 9.17) is 9.47 Å². The number of nitrogens with zero attached hydrogens (tertiary/aromatic N) is 1. The summed E-state index contributed by atoms with van der Waals surface area (Å²) in [6.45, 7) is 0.232. The number of amides is 1. The molecule has 1 aromatic heterocycles. The summed E-state index contributed by atoms with van der Waals surface area (Å²) >= 11 is 1.45. The van der Waals surface area contributed by atoms with Gasteiger partial charge in [0, 0.05) is 10.9 Å². The first-order valence-electron chi connectivity index (χ1n) is 9.51. The summed E-state index contributed by atoms with van der Waals surface area (Å²) in [5.41, 5.74) is 5.81.